The Morgan fingerprint density at radius 2 is 2.12 bits per heavy atom. The minimum atomic E-state index is 0.0827. The average molecular weight is 346 g/mol. The van der Waals surface area contributed by atoms with E-state index in [4.69, 9.17) is 4.98 Å². The Morgan fingerprint density at radius 1 is 1.38 bits per heavy atom. The van der Waals surface area contributed by atoms with Crippen LogP contribution in [0.3, 0.4) is 0 Å². The van der Waals surface area contributed by atoms with Gasteiger partial charge in [0, 0.05) is 19.0 Å². The van der Waals surface area contributed by atoms with Crippen molar-refractivity contribution in [3.05, 3.63) is 30.1 Å². The van der Waals surface area contributed by atoms with Gasteiger partial charge in [-0.15, -0.1) is 11.8 Å². The van der Waals surface area contributed by atoms with Crippen LogP contribution >= 0.6 is 11.8 Å². The number of hydrogen-bond acceptors (Lipinski definition) is 3. The molecular formula is C19H27N3OS. The molecule has 1 N–H and O–H groups in total. The Hall–Kier alpha value is -1.49. The normalized spacial score (nSPS) is 17.3. The highest BCUT2D eigenvalue weighted by atomic mass is 32.2. The highest BCUT2D eigenvalue weighted by Crippen LogP contribution is 2.28. The van der Waals surface area contributed by atoms with E-state index in [9.17, 15) is 4.79 Å². The molecule has 0 aliphatic carbocycles. The molecule has 0 saturated carbocycles. The molecule has 1 aliphatic heterocycles. The van der Waals surface area contributed by atoms with Crippen LogP contribution in [0.15, 0.2) is 24.3 Å². The molecule has 1 aromatic heterocycles. The van der Waals surface area contributed by atoms with Gasteiger partial charge in [0.15, 0.2) is 0 Å². The van der Waals surface area contributed by atoms with Crippen LogP contribution in [0.4, 0.5) is 0 Å². The maximum Gasteiger partial charge on any atom is 0.235 e. The summed E-state index contributed by atoms with van der Waals surface area (Å²) < 4.78 is 0. The maximum absolute atomic E-state index is 12.6. The van der Waals surface area contributed by atoms with Crippen molar-refractivity contribution < 1.29 is 4.79 Å². The predicted molar refractivity (Wildman–Crippen MR) is 101 cm³/mol. The van der Waals surface area contributed by atoms with Crippen molar-refractivity contribution in [2.45, 2.75) is 50.7 Å². The van der Waals surface area contributed by atoms with Crippen molar-refractivity contribution in [2.24, 2.45) is 0 Å². The quantitative estimate of drug-likeness (QED) is 0.799. The van der Waals surface area contributed by atoms with E-state index >= 15 is 0 Å². The van der Waals surface area contributed by atoms with E-state index in [2.05, 4.69) is 18.0 Å². The summed E-state index contributed by atoms with van der Waals surface area (Å²) in [6.45, 7) is 5.93. The van der Waals surface area contributed by atoms with Gasteiger partial charge in [-0.2, -0.15) is 0 Å². The lowest BCUT2D eigenvalue weighted by Gasteiger charge is -2.32. The first-order valence-electron chi connectivity index (χ1n) is 9.04. The van der Waals surface area contributed by atoms with Gasteiger partial charge in [-0.25, -0.2) is 4.98 Å². The van der Waals surface area contributed by atoms with Gasteiger partial charge in [-0.3, -0.25) is 4.79 Å². The number of H-pyrrole nitrogens is 1. The van der Waals surface area contributed by atoms with Gasteiger partial charge in [0.05, 0.1) is 16.3 Å². The number of benzene rings is 1. The van der Waals surface area contributed by atoms with Gasteiger partial charge < -0.3 is 9.88 Å². The summed E-state index contributed by atoms with van der Waals surface area (Å²) in [5, 5.41) is 0.0827. The minimum Gasteiger partial charge on any atom is -0.342 e. The summed E-state index contributed by atoms with van der Waals surface area (Å²) in [4.78, 5) is 22.8. The van der Waals surface area contributed by atoms with Crippen molar-refractivity contribution in [2.75, 3.05) is 18.8 Å². The van der Waals surface area contributed by atoms with Crippen molar-refractivity contribution in [3.63, 3.8) is 0 Å². The fraction of sp³-hybridized carbons (Fsp3) is 0.579. The number of fused-ring (bicyclic) bond motifs is 1. The Bertz CT molecular complexity index is 643. The zero-order valence-corrected chi connectivity index (χ0v) is 15.4. The zero-order chi connectivity index (χ0) is 16.9. The highest BCUT2D eigenvalue weighted by Gasteiger charge is 2.28. The minimum absolute atomic E-state index is 0.0827. The van der Waals surface area contributed by atoms with E-state index in [1.165, 1.54) is 12.8 Å². The van der Waals surface area contributed by atoms with Gasteiger partial charge >= 0.3 is 0 Å². The van der Waals surface area contributed by atoms with Gasteiger partial charge in [-0.05, 0) is 44.1 Å². The van der Waals surface area contributed by atoms with Crippen LogP contribution in [0.25, 0.3) is 11.0 Å². The third-order valence-corrected chi connectivity index (χ3v) is 6.04. The van der Waals surface area contributed by atoms with Gasteiger partial charge in [0.1, 0.15) is 5.82 Å². The lowest BCUT2D eigenvalue weighted by Crippen LogP contribution is -2.42. The summed E-state index contributed by atoms with van der Waals surface area (Å²) in [5.41, 5.74) is 2.14. The molecule has 130 valence electrons. The summed E-state index contributed by atoms with van der Waals surface area (Å²) in [6, 6.07) is 8.16. The fourth-order valence-electron chi connectivity index (χ4n) is 3.27. The van der Waals surface area contributed by atoms with Crippen molar-refractivity contribution in [1.82, 2.24) is 14.9 Å². The second kappa shape index (κ2) is 8.06. The van der Waals surface area contributed by atoms with Gasteiger partial charge in [0.2, 0.25) is 5.91 Å². The molecule has 0 spiro atoms. The molecule has 2 heterocycles. The standard InChI is InChI=1S/C19H27N3OS/c1-3-4-13-24-14(2)19(23)22-11-9-15(10-12-22)18-20-16-7-5-6-8-17(16)21-18/h5-8,14-15H,3-4,9-13H2,1-2H3,(H,20,21). The maximum atomic E-state index is 12.6. The molecule has 1 aliphatic rings. The number of likely N-dealkylation sites (tertiary alicyclic amines) is 1. The van der Waals surface area contributed by atoms with Crippen LogP contribution in [0, 0.1) is 0 Å². The Morgan fingerprint density at radius 3 is 2.83 bits per heavy atom. The third kappa shape index (κ3) is 3.94. The SMILES string of the molecule is CCCCSC(C)C(=O)N1CCC(c2nc3ccccc3[nH]2)CC1. The third-order valence-electron chi connectivity index (χ3n) is 4.81. The van der Waals surface area contributed by atoms with Crippen LogP contribution in [-0.4, -0.2) is 44.9 Å². The lowest BCUT2D eigenvalue weighted by molar-refractivity contribution is -0.131. The van der Waals surface area contributed by atoms with Gasteiger partial charge in [0.25, 0.3) is 0 Å². The molecule has 0 radical (unpaired) electrons. The van der Waals surface area contributed by atoms with Crippen molar-refractivity contribution in [3.8, 4) is 0 Å². The predicted octanol–water partition coefficient (Wildman–Crippen LogP) is 4.19. The number of hydrogen-bond donors (Lipinski definition) is 1. The number of amides is 1. The fourth-order valence-corrected chi connectivity index (χ4v) is 4.37. The molecule has 1 amide bonds. The van der Waals surface area contributed by atoms with E-state index in [0.29, 0.717) is 11.8 Å². The number of rotatable bonds is 6. The van der Waals surface area contributed by atoms with E-state index in [0.717, 1.165) is 48.5 Å². The van der Waals surface area contributed by atoms with E-state index < -0.39 is 0 Å². The molecule has 3 rings (SSSR count). The van der Waals surface area contributed by atoms with Crippen LogP contribution in [0.2, 0.25) is 0 Å². The largest absolute Gasteiger partial charge is 0.342 e. The van der Waals surface area contributed by atoms with Crippen molar-refractivity contribution in [1.29, 1.82) is 0 Å². The molecule has 1 atom stereocenters. The number of carbonyl (C=O) groups is 1. The molecule has 2 aromatic rings. The second-order valence-corrected chi connectivity index (χ2v) is 8.05. The Kier molecular flexibility index (Phi) is 5.82. The molecule has 4 nitrogen and oxygen atoms in total. The van der Waals surface area contributed by atoms with Crippen molar-refractivity contribution >= 4 is 28.7 Å². The van der Waals surface area contributed by atoms with E-state index in [1.807, 2.05) is 30.0 Å². The number of thioether (sulfide) groups is 1. The number of para-hydroxylation sites is 2. The summed E-state index contributed by atoms with van der Waals surface area (Å²) in [7, 11) is 0. The van der Waals surface area contributed by atoms with Crippen LogP contribution < -0.4 is 0 Å². The lowest BCUT2D eigenvalue weighted by atomic mass is 9.96. The molecule has 1 fully saturated rings. The molecule has 0 bridgehead atoms. The first-order valence-corrected chi connectivity index (χ1v) is 10.1. The molecule has 1 saturated heterocycles. The summed E-state index contributed by atoms with van der Waals surface area (Å²) >= 11 is 1.79. The zero-order valence-electron chi connectivity index (χ0n) is 14.6. The highest BCUT2D eigenvalue weighted by molar-refractivity contribution is 8.00. The number of aromatic nitrogens is 2. The molecule has 1 unspecified atom stereocenters. The Labute approximate surface area is 148 Å². The first-order chi connectivity index (χ1) is 11.7. The number of aromatic amines is 1. The monoisotopic (exact) mass is 345 g/mol. The number of piperidine rings is 1. The summed E-state index contributed by atoms with van der Waals surface area (Å²) in [6.07, 6.45) is 4.38. The summed E-state index contributed by atoms with van der Waals surface area (Å²) in [5.74, 6) is 2.90. The van der Waals surface area contributed by atoms with Crippen LogP contribution in [-0.2, 0) is 4.79 Å². The second-order valence-electron chi connectivity index (χ2n) is 6.61. The number of imidazole rings is 1. The van der Waals surface area contributed by atoms with Crippen LogP contribution in [0.1, 0.15) is 51.3 Å². The van der Waals surface area contributed by atoms with Crippen LogP contribution in [0.5, 0.6) is 0 Å². The first kappa shape index (κ1) is 17.3. The number of unbranched alkanes of at least 4 members (excludes halogenated alkanes) is 1. The Balaban J connectivity index is 1.54. The number of nitrogens with one attached hydrogen (secondary N) is 1. The average Bonchev–Trinajstić information content (AvgIpc) is 3.05. The smallest absolute Gasteiger partial charge is 0.235 e. The van der Waals surface area contributed by atoms with E-state index in [1.54, 1.807) is 11.8 Å². The molecular weight excluding hydrogens is 318 g/mol. The topological polar surface area (TPSA) is 49.0 Å². The van der Waals surface area contributed by atoms with E-state index in [-0.39, 0.29) is 5.25 Å². The molecule has 24 heavy (non-hydrogen) atoms. The molecule has 5 heteroatoms. The number of nitrogens with zero attached hydrogens (tertiary/aromatic N) is 2. The van der Waals surface area contributed by atoms with Gasteiger partial charge in [-0.1, -0.05) is 25.5 Å². The number of carbonyl (C=O) groups excluding carboxylic acids is 1. The molecule has 1 aromatic carbocycles.